The maximum atomic E-state index is 5.28. The van der Waals surface area contributed by atoms with Crippen LogP contribution in [0.25, 0.3) is 0 Å². The summed E-state index contributed by atoms with van der Waals surface area (Å²) < 4.78 is 14.8. The summed E-state index contributed by atoms with van der Waals surface area (Å²) in [7, 11) is 3.26. The SMILES string of the molecule is CCNc1nc(Cc2ccc(OC)c(OC)c2)ns1. The average molecular weight is 279 g/mol. The Labute approximate surface area is 116 Å². The van der Waals surface area contributed by atoms with Crippen LogP contribution >= 0.6 is 11.5 Å². The van der Waals surface area contributed by atoms with Crippen molar-refractivity contribution in [2.45, 2.75) is 13.3 Å². The third kappa shape index (κ3) is 3.35. The normalized spacial score (nSPS) is 10.3. The molecule has 1 aromatic heterocycles. The second kappa shape index (κ2) is 6.38. The van der Waals surface area contributed by atoms with E-state index in [1.165, 1.54) is 11.5 Å². The number of ether oxygens (including phenoxy) is 2. The largest absolute Gasteiger partial charge is 0.493 e. The van der Waals surface area contributed by atoms with E-state index in [1.807, 2.05) is 25.1 Å². The van der Waals surface area contributed by atoms with Gasteiger partial charge in [0.15, 0.2) is 11.5 Å². The molecule has 0 radical (unpaired) electrons. The quantitative estimate of drug-likeness (QED) is 0.880. The van der Waals surface area contributed by atoms with E-state index in [1.54, 1.807) is 14.2 Å². The molecule has 19 heavy (non-hydrogen) atoms. The molecule has 5 nitrogen and oxygen atoms in total. The van der Waals surface area contributed by atoms with Crippen LogP contribution in [0.2, 0.25) is 0 Å². The molecule has 102 valence electrons. The number of rotatable bonds is 6. The molecule has 0 saturated heterocycles. The van der Waals surface area contributed by atoms with Crippen molar-refractivity contribution in [2.24, 2.45) is 0 Å². The van der Waals surface area contributed by atoms with Crippen LogP contribution < -0.4 is 14.8 Å². The molecule has 1 N–H and O–H groups in total. The first kappa shape index (κ1) is 13.6. The van der Waals surface area contributed by atoms with Crippen LogP contribution in [0.3, 0.4) is 0 Å². The third-order valence-electron chi connectivity index (χ3n) is 2.61. The number of anilines is 1. The summed E-state index contributed by atoms with van der Waals surface area (Å²) in [5, 5.41) is 4.01. The van der Waals surface area contributed by atoms with Crippen molar-refractivity contribution in [3.63, 3.8) is 0 Å². The number of nitrogens with one attached hydrogen (secondary N) is 1. The van der Waals surface area contributed by atoms with Gasteiger partial charge in [-0.3, -0.25) is 0 Å². The van der Waals surface area contributed by atoms with Gasteiger partial charge in [-0.15, -0.1) is 0 Å². The first-order valence-corrected chi connectivity index (χ1v) is 6.81. The number of aromatic nitrogens is 2. The van der Waals surface area contributed by atoms with E-state index in [4.69, 9.17) is 9.47 Å². The Balaban J connectivity index is 2.13. The zero-order chi connectivity index (χ0) is 13.7. The number of methoxy groups -OCH3 is 2. The molecule has 0 aliphatic carbocycles. The van der Waals surface area contributed by atoms with Gasteiger partial charge in [0.25, 0.3) is 0 Å². The minimum atomic E-state index is 0.683. The molecule has 0 saturated carbocycles. The van der Waals surface area contributed by atoms with Crippen molar-refractivity contribution in [3.8, 4) is 11.5 Å². The Morgan fingerprint density at radius 1 is 1.21 bits per heavy atom. The zero-order valence-electron chi connectivity index (χ0n) is 11.3. The van der Waals surface area contributed by atoms with Crippen LogP contribution in [-0.2, 0) is 6.42 Å². The average Bonchev–Trinajstić information content (AvgIpc) is 2.86. The highest BCUT2D eigenvalue weighted by Crippen LogP contribution is 2.28. The second-order valence-corrected chi connectivity index (χ2v) is 4.66. The summed E-state index contributed by atoms with van der Waals surface area (Å²) in [6.07, 6.45) is 0.683. The molecular weight excluding hydrogens is 262 g/mol. The van der Waals surface area contributed by atoms with Gasteiger partial charge in [0.1, 0.15) is 5.82 Å². The van der Waals surface area contributed by atoms with Crippen LogP contribution in [0, 0.1) is 0 Å². The van der Waals surface area contributed by atoms with E-state index in [0.29, 0.717) is 6.42 Å². The number of hydrogen-bond acceptors (Lipinski definition) is 6. The van der Waals surface area contributed by atoms with Gasteiger partial charge < -0.3 is 14.8 Å². The Kier molecular flexibility index (Phi) is 4.57. The smallest absolute Gasteiger partial charge is 0.202 e. The van der Waals surface area contributed by atoms with Crippen molar-refractivity contribution >= 4 is 16.7 Å². The monoisotopic (exact) mass is 279 g/mol. The number of benzene rings is 1. The lowest BCUT2D eigenvalue weighted by Crippen LogP contribution is -1.97. The maximum absolute atomic E-state index is 5.28. The van der Waals surface area contributed by atoms with Crippen LogP contribution in [0.4, 0.5) is 5.13 Å². The number of hydrogen-bond donors (Lipinski definition) is 1. The van der Waals surface area contributed by atoms with Crippen molar-refractivity contribution in [1.29, 1.82) is 0 Å². The van der Waals surface area contributed by atoms with Gasteiger partial charge in [0, 0.05) is 24.5 Å². The van der Waals surface area contributed by atoms with Crippen molar-refractivity contribution < 1.29 is 9.47 Å². The Bertz CT molecular complexity index is 542. The molecule has 0 aliphatic heterocycles. The highest BCUT2D eigenvalue weighted by molar-refractivity contribution is 7.09. The topological polar surface area (TPSA) is 56.3 Å². The van der Waals surface area contributed by atoms with E-state index < -0.39 is 0 Å². The minimum Gasteiger partial charge on any atom is -0.493 e. The molecule has 6 heteroatoms. The minimum absolute atomic E-state index is 0.683. The van der Waals surface area contributed by atoms with Gasteiger partial charge >= 0.3 is 0 Å². The molecule has 1 aromatic carbocycles. The van der Waals surface area contributed by atoms with Gasteiger partial charge in [0.2, 0.25) is 5.13 Å². The lowest BCUT2D eigenvalue weighted by atomic mass is 10.1. The number of nitrogens with zero attached hydrogens (tertiary/aromatic N) is 2. The van der Waals surface area contributed by atoms with Crippen molar-refractivity contribution in [3.05, 3.63) is 29.6 Å². The third-order valence-corrected chi connectivity index (χ3v) is 3.32. The van der Waals surface area contributed by atoms with Gasteiger partial charge in [-0.25, -0.2) is 4.98 Å². The van der Waals surface area contributed by atoms with E-state index in [2.05, 4.69) is 14.7 Å². The highest BCUT2D eigenvalue weighted by Gasteiger charge is 2.08. The molecule has 0 unspecified atom stereocenters. The molecule has 0 atom stereocenters. The molecule has 0 spiro atoms. The van der Waals surface area contributed by atoms with Gasteiger partial charge in [-0.05, 0) is 24.6 Å². The molecule has 0 aliphatic rings. The molecular formula is C13H17N3O2S. The molecule has 0 bridgehead atoms. The Morgan fingerprint density at radius 2 is 2.00 bits per heavy atom. The first-order chi connectivity index (χ1) is 9.26. The lowest BCUT2D eigenvalue weighted by molar-refractivity contribution is 0.354. The van der Waals surface area contributed by atoms with Gasteiger partial charge in [-0.1, -0.05) is 6.07 Å². The molecule has 2 aromatic rings. The molecule has 0 amide bonds. The highest BCUT2D eigenvalue weighted by atomic mass is 32.1. The van der Waals surface area contributed by atoms with Gasteiger partial charge in [0.05, 0.1) is 14.2 Å². The summed E-state index contributed by atoms with van der Waals surface area (Å²) in [5.41, 5.74) is 1.10. The molecule has 0 fully saturated rings. The van der Waals surface area contributed by atoms with Crippen molar-refractivity contribution in [1.82, 2.24) is 9.36 Å². The summed E-state index contributed by atoms with van der Waals surface area (Å²) >= 11 is 1.38. The van der Waals surface area contributed by atoms with E-state index in [-0.39, 0.29) is 0 Å². The molecule has 1 heterocycles. The van der Waals surface area contributed by atoms with Crippen molar-refractivity contribution in [2.75, 3.05) is 26.1 Å². The summed E-state index contributed by atoms with van der Waals surface area (Å²) in [4.78, 5) is 4.42. The summed E-state index contributed by atoms with van der Waals surface area (Å²) in [5.74, 6) is 2.26. The van der Waals surface area contributed by atoms with E-state index in [0.717, 1.165) is 34.6 Å². The fraction of sp³-hybridized carbons (Fsp3) is 0.385. The standard InChI is InChI=1S/C13H17N3O2S/c1-4-14-13-15-12(16-19-13)8-9-5-6-10(17-2)11(7-9)18-3/h5-7H,4,8H2,1-3H3,(H,14,15,16). The predicted octanol–water partition coefficient (Wildman–Crippen LogP) is 2.58. The maximum Gasteiger partial charge on any atom is 0.202 e. The zero-order valence-corrected chi connectivity index (χ0v) is 12.1. The fourth-order valence-electron chi connectivity index (χ4n) is 1.72. The van der Waals surface area contributed by atoms with Crippen LogP contribution in [0.15, 0.2) is 18.2 Å². The van der Waals surface area contributed by atoms with Crippen LogP contribution in [0.5, 0.6) is 11.5 Å². The Hall–Kier alpha value is -1.82. The van der Waals surface area contributed by atoms with E-state index in [9.17, 15) is 0 Å². The predicted molar refractivity (Wildman–Crippen MR) is 76.4 cm³/mol. The lowest BCUT2D eigenvalue weighted by Gasteiger charge is -2.08. The van der Waals surface area contributed by atoms with Crippen LogP contribution in [-0.4, -0.2) is 30.1 Å². The van der Waals surface area contributed by atoms with Gasteiger partial charge in [-0.2, -0.15) is 4.37 Å². The summed E-state index contributed by atoms with van der Waals surface area (Å²) in [6, 6.07) is 5.84. The fourth-order valence-corrected chi connectivity index (χ4v) is 2.37. The summed E-state index contributed by atoms with van der Waals surface area (Å²) in [6.45, 7) is 2.89. The second-order valence-electron chi connectivity index (χ2n) is 3.91. The van der Waals surface area contributed by atoms with Crippen LogP contribution in [0.1, 0.15) is 18.3 Å². The Morgan fingerprint density at radius 3 is 2.68 bits per heavy atom. The molecule has 2 rings (SSSR count). The van der Waals surface area contributed by atoms with E-state index >= 15 is 0 Å². The first-order valence-electron chi connectivity index (χ1n) is 6.04.